The highest BCUT2D eigenvalue weighted by Crippen LogP contribution is 2.27. The summed E-state index contributed by atoms with van der Waals surface area (Å²) in [5, 5.41) is 11.3. The third-order valence-electron chi connectivity index (χ3n) is 4.40. The average Bonchev–Trinajstić information content (AvgIpc) is 2.61. The monoisotopic (exact) mass is 334 g/mol. The number of carboxylic acid groups (broad SMARTS) is 1. The van der Waals surface area contributed by atoms with Crippen molar-refractivity contribution in [3.05, 3.63) is 66.2 Å². The van der Waals surface area contributed by atoms with Gasteiger partial charge in [0.15, 0.2) is 0 Å². The first kappa shape index (κ1) is 17.0. The van der Waals surface area contributed by atoms with Gasteiger partial charge in [0, 0.05) is 19.8 Å². The molecule has 0 aliphatic carbocycles. The molecule has 25 heavy (non-hydrogen) atoms. The first-order chi connectivity index (χ1) is 11.9. The predicted molar refractivity (Wildman–Crippen MR) is 103 cm³/mol. The van der Waals surface area contributed by atoms with Gasteiger partial charge in [-0.05, 0) is 52.1 Å². The van der Waals surface area contributed by atoms with Gasteiger partial charge < -0.3 is 15.7 Å². The number of nitrogens with two attached hydrogens (primary N) is 1. The summed E-state index contributed by atoms with van der Waals surface area (Å²) in [6, 6.07) is 19.9. The van der Waals surface area contributed by atoms with Gasteiger partial charge in [0.05, 0.1) is 0 Å². The van der Waals surface area contributed by atoms with Crippen LogP contribution in [0.5, 0.6) is 0 Å². The number of anilines is 1. The molecule has 128 valence electrons. The maximum Gasteiger partial charge on any atom is 0.320 e. The minimum atomic E-state index is -0.976. The van der Waals surface area contributed by atoms with Crippen LogP contribution in [-0.2, 0) is 11.2 Å². The molecule has 0 spiro atoms. The lowest BCUT2D eigenvalue weighted by Crippen LogP contribution is -2.32. The number of aliphatic carboxylic acids is 1. The van der Waals surface area contributed by atoms with Crippen molar-refractivity contribution in [2.75, 3.05) is 19.0 Å². The number of hydrogen-bond donors (Lipinski definition) is 2. The molecule has 0 saturated heterocycles. The fourth-order valence-corrected chi connectivity index (χ4v) is 2.87. The molecule has 3 aromatic rings. The Bertz CT molecular complexity index is 901. The minimum absolute atomic E-state index is 0.334. The molecule has 4 heteroatoms. The third-order valence-corrected chi connectivity index (χ3v) is 4.40. The molecule has 3 aromatic carbocycles. The normalized spacial score (nSPS) is 12.1. The number of nitrogens with zero attached hydrogens (tertiary/aromatic N) is 1. The van der Waals surface area contributed by atoms with Gasteiger partial charge in [-0.2, -0.15) is 0 Å². The van der Waals surface area contributed by atoms with Crippen molar-refractivity contribution < 1.29 is 9.90 Å². The Morgan fingerprint density at radius 1 is 0.960 bits per heavy atom. The molecule has 0 aliphatic rings. The topological polar surface area (TPSA) is 66.6 Å². The highest BCUT2D eigenvalue weighted by molar-refractivity contribution is 5.89. The average molecular weight is 334 g/mol. The van der Waals surface area contributed by atoms with Crippen LogP contribution in [0.25, 0.3) is 21.9 Å². The number of fused-ring (bicyclic) bond motifs is 1. The van der Waals surface area contributed by atoms with Crippen LogP contribution >= 0.6 is 0 Å². The summed E-state index contributed by atoms with van der Waals surface area (Å²) in [4.78, 5) is 12.9. The lowest BCUT2D eigenvalue weighted by atomic mass is 9.98. The van der Waals surface area contributed by atoms with E-state index < -0.39 is 12.0 Å². The van der Waals surface area contributed by atoms with Crippen LogP contribution in [0, 0.1) is 0 Å². The van der Waals surface area contributed by atoms with E-state index in [9.17, 15) is 4.79 Å². The largest absolute Gasteiger partial charge is 0.480 e. The number of benzene rings is 3. The van der Waals surface area contributed by atoms with E-state index in [1.807, 2.05) is 38.4 Å². The maximum absolute atomic E-state index is 10.9. The van der Waals surface area contributed by atoms with Crippen LogP contribution in [0.4, 0.5) is 5.69 Å². The Kier molecular flexibility index (Phi) is 4.72. The van der Waals surface area contributed by atoms with Crippen molar-refractivity contribution in [3.63, 3.8) is 0 Å². The molecular weight excluding hydrogens is 312 g/mol. The number of carboxylic acids is 1. The summed E-state index contributed by atoms with van der Waals surface area (Å²) in [7, 11) is 4.07. The van der Waals surface area contributed by atoms with Crippen molar-refractivity contribution in [1.82, 2.24) is 0 Å². The second-order valence-electron chi connectivity index (χ2n) is 6.49. The highest BCUT2D eigenvalue weighted by Gasteiger charge is 2.12. The fraction of sp³-hybridized carbons (Fsp3) is 0.190. The quantitative estimate of drug-likeness (QED) is 0.749. The molecular formula is C21H22N2O2. The second kappa shape index (κ2) is 6.95. The second-order valence-corrected chi connectivity index (χ2v) is 6.49. The van der Waals surface area contributed by atoms with Gasteiger partial charge in [0.1, 0.15) is 6.04 Å². The Labute approximate surface area is 147 Å². The number of hydrogen-bond acceptors (Lipinski definition) is 3. The molecule has 4 nitrogen and oxygen atoms in total. The lowest BCUT2D eigenvalue weighted by Gasteiger charge is -2.13. The molecule has 0 aromatic heterocycles. The van der Waals surface area contributed by atoms with Crippen molar-refractivity contribution >= 4 is 22.4 Å². The van der Waals surface area contributed by atoms with Crippen molar-refractivity contribution in [1.29, 1.82) is 0 Å². The summed E-state index contributed by atoms with van der Waals surface area (Å²) in [6.07, 6.45) is 0.334. The van der Waals surface area contributed by atoms with Gasteiger partial charge in [-0.3, -0.25) is 4.79 Å². The molecule has 0 unspecified atom stereocenters. The van der Waals surface area contributed by atoms with Gasteiger partial charge in [0.2, 0.25) is 0 Å². The van der Waals surface area contributed by atoms with E-state index in [-0.39, 0.29) is 0 Å². The zero-order valence-electron chi connectivity index (χ0n) is 14.4. The highest BCUT2D eigenvalue weighted by atomic mass is 16.4. The van der Waals surface area contributed by atoms with Crippen molar-refractivity contribution in [2.24, 2.45) is 5.73 Å². The van der Waals surface area contributed by atoms with E-state index >= 15 is 0 Å². The van der Waals surface area contributed by atoms with Crippen LogP contribution in [0.2, 0.25) is 0 Å². The van der Waals surface area contributed by atoms with Gasteiger partial charge in [-0.1, -0.05) is 42.5 Å². The summed E-state index contributed by atoms with van der Waals surface area (Å²) in [6.45, 7) is 0. The van der Waals surface area contributed by atoms with E-state index in [0.29, 0.717) is 6.42 Å². The van der Waals surface area contributed by atoms with Gasteiger partial charge in [-0.15, -0.1) is 0 Å². The Hall–Kier alpha value is -2.85. The third kappa shape index (κ3) is 3.80. The summed E-state index contributed by atoms with van der Waals surface area (Å²) in [5.74, 6) is -0.976. The molecule has 3 N–H and O–H groups in total. The zero-order chi connectivity index (χ0) is 18.0. The van der Waals surface area contributed by atoms with Crippen LogP contribution in [-0.4, -0.2) is 31.2 Å². The van der Waals surface area contributed by atoms with Crippen LogP contribution in [0.1, 0.15) is 5.56 Å². The van der Waals surface area contributed by atoms with Crippen LogP contribution in [0.15, 0.2) is 60.7 Å². The summed E-state index contributed by atoms with van der Waals surface area (Å²) < 4.78 is 0. The van der Waals surface area contributed by atoms with E-state index in [1.165, 1.54) is 16.5 Å². The standard InChI is InChI=1S/C21H22N2O2/c1-23(2)19-10-9-17-12-16(7-8-18(17)13-19)15-5-3-14(4-6-15)11-20(22)21(24)25/h3-10,12-13,20H,11,22H2,1-2H3,(H,24,25)/t20-/m0/s1. The smallest absolute Gasteiger partial charge is 0.320 e. The SMILES string of the molecule is CN(C)c1ccc2cc(-c3ccc(C[C@H](N)C(=O)O)cc3)ccc2c1. The van der Waals surface area contributed by atoms with E-state index in [4.69, 9.17) is 10.8 Å². The predicted octanol–water partition coefficient (Wildman–Crippen LogP) is 3.53. The van der Waals surface area contributed by atoms with E-state index in [0.717, 1.165) is 16.7 Å². The molecule has 3 rings (SSSR count). The van der Waals surface area contributed by atoms with E-state index in [1.54, 1.807) is 0 Å². The Morgan fingerprint density at radius 2 is 1.56 bits per heavy atom. The molecule has 0 aliphatic heterocycles. The lowest BCUT2D eigenvalue weighted by molar-refractivity contribution is -0.138. The number of carbonyl (C=O) groups is 1. The van der Waals surface area contributed by atoms with Crippen LogP contribution in [0.3, 0.4) is 0 Å². The van der Waals surface area contributed by atoms with E-state index in [2.05, 4.69) is 41.3 Å². The van der Waals surface area contributed by atoms with Crippen LogP contribution < -0.4 is 10.6 Å². The fourth-order valence-electron chi connectivity index (χ4n) is 2.87. The van der Waals surface area contributed by atoms with Gasteiger partial charge in [-0.25, -0.2) is 0 Å². The van der Waals surface area contributed by atoms with Gasteiger partial charge in [0.25, 0.3) is 0 Å². The van der Waals surface area contributed by atoms with Crippen molar-refractivity contribution in [3.8, 4) is 11.1 Å². The first-order valence-electron chi connectivity index (χ1n) is 8.23. The maximum atomic E-state index is 10.9. The molecule has 0 amide bonds. The molecule has 1 atom stereocenters. The van der Waals surface area contributed by atoms with Crippen molar-refractivity contribution in [2.45, 2.75) is 12.5 Å². The summed E-state index contributed by atoms with van der Waals surface area (Å²) >= 11 is 0. The molecule has 0 saturated carbocycles. The molecule has 0 bridgehead atoms. The Morgan fingerprint density at radius 3 is 2.20 bits per heavy atom. The minimum Gasteiger partial charge on any atom is -0.480 e. The molecule has 0 radical (unpaired) electrons. The number of rotatable bonds is 5. The van der Waals surface area contributed by atoms with Gasteiger partial charge >= 0.3 is 5.97 Å². The molecule has 0 heterocycles. The first-order valence-corrected chi connectivity index (χ1v) is 8.23. The Balaban J connectivity index is 1.86. The summed E-state index contributed by atoms with van der Waals surface area (Å²) in [5.41, 5.74) is 9.94. The zero-order valence-corrected chi connectivity index (χ0v) is 14.4. The molecule has 0 fully saturated rings.